The van der Waals surface area contributed by atoms with Crippen molar-refractivity contribution < 1.29 is 0 Å². The smallest absolute Gasteiger partial charge is 0.0449 e. The molecule has 3 nitrogen and oxygen atoms in total. The molecule has 1 aliphatic rings. The lowest BCUT2D eigenvalue weighted by atomic mass is 9.97. The van der Waals surface area contributed by atoms with Crippen LogP contribution in [0, 0.1) is 5.92 Å². The lowest BCUT2D eigenvalue weighted by molar-refractivity contribution is 0.302. The van der Waals surface area contributed by atoms with E-state index >= 15 is 0 Å². The Morgan fingerprint density at radius 3 is 2.53 bits per heavy atom. The summed E-state index contributed by atoms with van der Waals surface area (Å²) in [5.41, 5.74) is 1.39. The van der Waals surface area contributed by atoms with E-state index < -0.39 is 0 Å². The van der Waals surface area contributed by atoms with Crippen LogP contribution in [0.25, 0.3) is 0 Å². The average molecular weight is 261 g/mol. The summed E-state index contributed by atoms with van der Waals surface area (Å²) in [5.74, 6) is 0.828. The van der Waals surface area contributed by atoms with Gasteiger partial charge >= 0.3 is 0 Å². The van der Waals surface area contributed by atoms with Crippen LogP contribution in [0.15, 0.2) is 30.3 Å². The van der Waals surface area contributed by atoms with Crippen LogP contribution in [0.5, 0.6) is 0 Å². The minimum Gasteiger partial charge on any atom is -0.317 e. The first-order chi connectivity index (χ1) is 9.25. The van der Waals surface area contributed by atoms with Gasteiger partial charge in [-0.05, 0) is 58.1 Å². The molecule has 1 aliphatic heterocycles. The molecule has 19 heavy (non-hydrogen) atoms. The molecule has 0 amide bonds. The largest absolute Gasteiger partial charge is 0.317 e. The third-order valence-electron chi connectivity index (χ3n) is 3.86. The van der Waals surface area contributed by atoms with Gasteiger partial charge < -0.3 is 15.5 Å². The molecule has 0 bridgehead atoms. The fraction of sp³-hybridized carbons (Fsp3) is 0.625. The van der Waals surface area contributed by atoms with Crippen LogP contribution in [0.2, 0.25) is 0 Å². The zero-order valence-electron chi connectivity index (χ0n) is 12.2. The van der Waals surface area contributed by atoms with E-state index in [9.17, 15) is 0 Å². The third kappa shape index (κ3) is 4.94. The molecule has 1 heterocycles. The Hall–Kier alpha value is -0.900. The molecule has 1 atom stereocenters. The maximum Gasteiger partial charge on any atom is 0.0449 e. The molecule has 0 aliphatic carbocycles. The minimum atomic E-state index is 0.436. The van der Waals surface area contributed by atoms with Crippen molar-refractivity contribution in [3.8, 4) is 0 Å². The first-order valence-electron chi connectivity index (χ1n) is 7.39. The SMILES string of the molecule is CN(C)CC(NCC1CCNCC1)c1ccccc1. The van der Waals surface area contributed by atoms with E-state index in [2.05, 4.69) is 60.0 Å². The number of rotatable bonds is 6. The van der Waals surface area contributed by atoms with Gasteiger partial charge in [0.15, 0.2) is 0 Å². The number of benzene rings is 1. The topological polar surface area (TPSA) is 27.3 Å². The molecule has 2 N–H and O–H groups in total. The van der Waals surface area contributed by atoms with Gasteiger partial charge in [0.25, 0.3) is 0 Å². The molecule has 1 aromatic carbocycles. The number of likely N-dealkylation sites (N-methyl/N-ethyl adjacent to an activating group) is 1. The van der Waals surface area contributed by atoms with Gasteiger partial charge in [-0.1, -0.05) is 30.3 Å². The summed E-state index contributed by atoms with van der Waals surface area (Å²) in [4.78, 5) is 2.26. The molecule has 1 fully saturated rings. The summed E-state index contributed by atoms with van der Waals surface area (Å²) in [5, 5.41) is 7.20. The van der Waals surface area contributed by atoms with Crippen molar-refractivity contribution in [3.05, 3.63) is 35.9 Å². The quantitative estimate of drug-likeness (QED) is 0.819. The van der Waals surface area contributed by atoms with Crippen LogP contribution < -0.4 is 10.6 Å². The van der Waals surface area contributed by atoms with E-state index in [1.807, 2.05) is 0 Å². The molecular formula is C16H27N3. The maximum absolute atomic E-state index is 3.77. The Bertz CT molecular complexity index is 344. The van der Waals surface area contributed by atoms with Gasteiger partial charge in [-0.25, -0.2) is 0 Å². The summed E-state index contributed by atoms with van der Waals surface area (Å²) < 4.78 is 0. The van der Waals surface area contributed by atoms with Crippen molar-refractivity contribution in [2.24, 2.45) is 5.92 Å². The van der Waals surface area contributed by atoms with Crippen LogP contribution in [0.4, 0.5) is 0 Å². The second-order valence-electron chi connectivity index (χ2n) is 5.83. The van der Waals surface area contributed by atoms with Gasteiger partial charge in [0, 0.05) is 12.6 Å². The molecule has 0 radical (unpaired) electrons. The Morgan fingerprint density at radius 1 is 1.21 bits per heavy atom. The second kappa shape index (κ2) is 7.63. The fourth-order valence-electron chi connectivity index (χ4n) is 2.73. The molecule has 0 spiro atoms. The lowest BCUT2D eigenvalue weighted by Gasteiger charge is -2.28. The second-order valence-corrected chi connectivity index (χ2v) is 5.83. The standard InChI is InChI=1S/C16H27N3/c1-19(2)13-16(15-6-4-3-5-7-15)18-12-14-8-10-17-11-9-14/h3-7,14,16-18H,8-13H2,1-2H3. The molecule has 1 saturated heterocycles. The highest BCUT2D eigenvalue weighted by Gasteiger charge is 2.16. The molecule has 0 aromatic heterocycles. The average Bonchev–Trinajstić information content (AvgIpc) is 2.45. The van der Waals surface area contributed by atoms with Crippen molar-refractivity contribution >= 4 is 0 Å². The van der Waals surface area contributed by atoms with Gasteiger partial charge in [-0.2, -0.15) is 0 Å². The van der Waals surface area contributed by atoms with E-state index in [4.69, 9.17) is 0 Å². The summed E-state index contributed by atoms with van der Waals surface area (Å²) in [6.07, 6.45) is 2.60. The number of hydrogen-bond donors (Lipinski definition) is 2. The fourth-order valence-corrected chi connectivity index (χ4v) is 2.73. The van der Waals surface area contributed by atoms with E-state index in [1.165, 1.54) is 31.5 Å². The Balaban J connectivity index is 1.90. The molecule has 3 heteroatoms. The summed E-state index contributed by atoms with van der Waals surface area (Å²) in [7, 11) is 4.28. The molecule has 1 unspecified atom stereocenters. The minimum absolute atomic E-state index is 0.436. The molecule has 2 rings (SSSR count). The Labute approximate surface area is 117 Å². The normalized spacial score (nSPS) is 18.7. The van der Waals surface area contributed by atoms with Crippen molar-refractivity contribution in [3.63, 3.8) is 0 Å². The van der Waals surface area contributed by atoms with E-state index in [-0.39, 0.29) is 0 Å². The Kier molecular flexibility index (Phi) is 5.83. The lowest BCUT2D eigenvalue weighted by Crippen LogP contribution is -2.37. The van der Waals surface area contributed by atoms with Crippen LogP contribution in [-0.4, -0.2) is 45.2 Å². The highest BCUT2D eigenvalue weighted by atomic mass is 15.1. The predicted molar refractivity (Wildman–Crippen MR) is 81.3 cm³/mol. The number of piperidine rings is 1. The third-order valence-corrected chi connectivity index (χ3v) is 3.86. The van der Waals surface area contributed by atoms with Gasteiger partial charge in [0.1, 0.15) is 0 Å². The van der Waals surface area contributed by atoms with Crippen LogP contribution in [0.3, 0.4) is 0 Å². The first kappa shape index (κ1) is 14.5. The summed E-state index contributed by atoms with van der Waals surface area (Å²) in [6, 6.07) is 11.2. The number of nitrogens with one attached hydrogen (secondary N) is 2. The van der Waals surface area contributed by atoms with Crippen molar-refractivity contribution in [2.45, 2.75) is 18.9 Å². The van der Waals surface area contributed by atoms with Crippen LogP contribution in [-0.2, 0) is 0 Å². The zero-order valence-corrected chi connectivity index (χ0v) is 12.2. The number of hydrogen-bond acceptors (Lipinski definition) is 3. The predicted octanol–water partition coefficient (Wildman–Crippen LogP) is 1.88. The Morgan fingerprint density at radius 2 is 1.89 bits per heavy atom. The van der Waals surface area contributed by atoms with Gasteiger partial charge in [-0.15, -0.1) is 0 Å². The van der Waals surface area contributed by atoms with Crippen molar-refractivity contribution in [1.82, 2.24) is 15.5 Å². The highest BCUT2D eigenvalue weighted by molar-refractivity contribution is 5.19. The van der Waals surface area contributed by atoms with E-state index in [1.54, 1.807) is 0 Å². The molecule has 1 aromatic rings. The molecule has 106 valence electrons. The summed E-state index contributed by atoms with van der Waals surface area (Å²) >= 11 is 0. The van der Waals surface area contributed by atoms with Crippen LogP contribution in [0.1, 0.15) is 24.4 Å². The molecule has 0 saturated carbocycles. The maximum atomic E-state index is 3.77. The van der Waals surface area contributed by atoms with Crippen molar-refractivity contribution in [1.29, 1.82) is 0 Å². The van der Waals surface area contributed by atoms with Gasteiger partial charge in [0.2, 0.25) is 0 Å². The zero-order chi connectivity index (χ0) is 13.5. The van der Waals surface area contributed by atoms with Gasteiger partial charge in [0.05, 0.1) is 0 Å². The van der Waals surface area contributed by atoms with Crippen molar-refractivity contribution in [2.75, 3.05) is 40.3 Å². The monoisotopic (exact) mass is 261 g/mol. The van der Waals surface area contributed by atoms with Gasteiger partial charge in [-0.3, -0.25) is 0 Å². The molecular weight excluding hydrogens is 234 g/mol. The van der Waals surface area contributed by atoms with E-state index in [0.29, 0.717) is 6.04 Å². The number of nitrogens with zero attached hydrogens (tertiary/aromatic N) is 1. The van der Waals surface area contributed by atoms with Crippen LogP contribution >= 0.6 is 0 Å². The first-order valence-corrected chi connectivity index (χ1v) is 7.39. The summed E-state index contributed by atoms with van der Waals surface area (Å²) in [6.45, 7) is 4.54. The highest BCUT2D eigenvalue weighted by Crippen LogP contribution is 2.16. The van der Waals surface area contributed by atoms with E-state index in [0.717, 1.165) is 19.0 Å².